The fourth-order valence-electron chi connectivity index (χ4n) is 2.04. The summed E-state index contributed by atoms with van der Waals surface area (Å²) in [4.78, 5) is 14.2. The molecular weight excluding hydrogens is 362 g/mol. The SMILES string of the molecule is CCNC(=NCCNS(=O)(=O)c1cccc([N+](=O)[O-])c1)NC(C)COC. The second-order valence-corrected chi connectivity index (χ2v) is 7.18. The summed E-state index contributed by atoms with van der Waals surface area (Å²) in [6.07, 6.45) is 0. The van der Waals surface area contributed by atoms with Crippen molar-refractivity contribution in [2.24, 2.45) is 4.99 Å². The summed E-state index contributed by atoms with van der Waals surface area (Å²) in [6.45, 7) is 5.27. The molecule has 1 unspecified atom stereocenters. The van der Waals surface area contributed by atoms with Gasteiger partial charge in [-0.3, -0.25) is 15.1 Å². The van der Waals surface area contributed by atoms with Crippen LogP contribution in [0.15, 0.2) is 34.2 Å². The van der Waals surface area contributed by atoms with Crippen molar-refractivity contribution in [1.29, 1.82) is 0 Å². The molecule has 0 aliphatic rings. The highest BCUT2D eigenvalue weighted by molar-refractivity contribution is 7.89. The van der Waals surface area contributed by atoms with Crippen LogP contribution in [0.1, 0.15) is 13.8 Å². The van der Waals surface area contributed by atoms with Gasteiger partial charge < -0.3 is 15.4 Å². The first-order valence-electron chi connectivity index (χ1n) is 8.08. The van der Waals surface area contributed by atoms with E-state index in [1.165, 1.54) is 18.2 Å². The van der Waals surface area contributed by atoms with Gasteiger partial charge in [-0.15, -0.1) is 0 Å². The van der Waals surface area contributed by atoms with Crippen molar-refractivity contribution < 1.29 is 18.1 Å². The molecular formula is C15H25N5O5S. The van der Waals surface area contributed by atoms with Crippen molar-refractivity contribution in [3.05, 3.63) is 34.4 Å². The predicted molar refractivity (Wildman–Crippen MR) is 98.7 cm³/mol. The second-order valence-electron chi connectivity index (χ2n) is 5.41. The zero-order valence-electron chi connectivity index (χ0n) is 15.1. The van der Waals surface area contributed by atoms with E-state index in [0.717, 1.165) is 6.07 Å². The molecule has 1 atom stereocenters. The highest BCUT2D eigenvalue weighted by atomic mass is 32.2. The van der Waals surface area contributed by atoms with Crippen molar-refractivity contribution in [2.75, 3.05) is 33.4 Å². The van der Waals surface area contributed by atoms with Crippen molar-refractivity contribution in [1.82, 2.24) is 15.4 Å². The molecule has 0 radical (unpaired) electrons. The maximum atomic E-state index is 12.2. The summed E-state index contributed by atoms with van der Waals surface area (Å²) in [5, 5.41) is 16.9. The normalized spacial score (nSPS) is 13.3. The lowest BCUT2D eigenvalue weighted by molar-refractivity contribution is -0.385. The molecule has 1 aromatic carbocycles. The third kappa shape index (κ3) is 7.33. The molecule has 10 nitrogen and oxygen atoms in total. The number of nitrogens with zero attached hydrogens (tertiary/aromatic N) is 2. The number of non-ortho nitro benzene ring substituents is 1. The van der Waals surface area contributed by atoms with Gasteiger partial charge in [0.25, 0.3) is 5.69 Å². The number of nitro groups is 1. The molecule has 1 aromatic rings. The van der Waals surface area contributed by atoms with Gasteiger partial charge in [0.2, 0.25) is 10.0 Å². The highest BCUT2D eigenvalue weighted by Crippen LogP contribution is 2.16. The fraction of sp³-hybridized carbons (Fsp3) is 0.533. The van der Waals surface area contributed by atoms with Gasteiger partial charge in [-0.2, -0.15) is 0 Å². The topological polar surface area (TPSA) is 135 Å². The van der Waals surface area contributed by atoms with E-state index in [4.69, 9.17) is 4.74 Å². The van der Waals surface area contributed by atoms with Crippen molar-refractivity contribution >= 4 is 21.7 Å². The smallest absolute Gasteiger partial charge is 0.270 e. The zero-order valence-corrected chi connectivity index (χ0v) is 15.9. The van der Waals surface area contributed by atoms with E-state index >= 15 is 0 Å². The maximum absolute atomic E-state index is 12.2. The quantitative estimate of drug-likeness (QED) is 0.174. The summed E-state index contributed by atoms with van der Waals surface area (Å²) < 4.78 is 31.8. The van der Waals surface area contributed by atoms with E-state index in [1.54, 1.807) is 7.11 Å². The van der Waals surface area contributed by atoms with Crippen LogP contribution in [-0.4, -0.2) is 58.7 Å². The molecule has 11 heteroatoms. The molecule has 0 spiro atoms. The number of guanidine groups is 1. The van der Waals surface area contributed by atoms with Gasteiger partial charge in [0.05, 0.1) is 23.0 Å². The Bertz CT molecular complexity index is 723. The lowest BCUT2D eigenvalue weighted by Gasteiger charge is -2.17. The van der Waals surface area contributed by atoms with Crippen LogP contribution in [-0.2, 0) is 14.8 Å². The minimum atomic E-state index is -3.84. The van der Waals surface area contributed by atoms with Crippen LogP contribution in [0.3, 0.4) is 0 Å². The zero-order chi connectivity index (χ0) is 19.6. The first kappa shape index (κ1) is 21.8. The van der Waals surface area contributed by atoms with Gasteiger partial charge in [0.15, 0.2) is 5.96 Å². The highest BCUT2D eigenvalue weighted by Gasteiger charge is 2.17. The average Bonchev–Trinajstić information content (AvgIpc) is 2.59. The minimum absolute atomic E-state index is 0.0411. The van der Waals surface area contributed by atoms with Crippen LogP contribution in [0.4, 0.5) is 5.69 Å². The third-order valence-corrected chi connectivity index (χ3v) is 4.62. The third-order valence-electron chi connectivity index (χ3n) is 3.16. The summed E-state index contributed by atoms with van der Waals surface area (Å²) in [7, 11) is -2.24. The number of aliphatic imine (C=N–C) groups is 1. The number of nitro benzene ring substituents is 1. The van der Waals surface area contributed by atoms with Gasteiger partial charge in [-0.25, -0.2) is 13.1 Å². The molecule has 3 N–H and O–H groups in total. The second kappa shape index (κ2) is 10.7. The van der Waals surface area contributed by atoms with Crippen molar-refractivity contribution in [3.63, 3.8) is 0 Å². The number of hydrogen-bond acceptors (Lipinski definition) is 6. The van der Waals surface area contributed by atoms with E-state index in [-0.39, 0.29) is 29.7 Å². The molecule has 0 fully saturated rings. The van der Waals surface area contributed by atoms with Crippen LogP contribution in [0, 0.1) is 10.1 Å². The summed E-state index contributed by atoms with van der Waals surface area (Å²) >= 11 is 0. The number of hydrogen-bond donors (Lipinski definition) is 3. The Balaban J connectivity index is 2.66. The van der Waals surface area contributed by atoms with Crippen LogP contribution >= 0.6 is 0 Å². The summed E-state index contributed by atoms with van der Waals surface area (Å²) in [5.74, 6) is 0.548. The van der Waals surface area contributed by atoms with Crippen LogP contribution in [0.25, 0.3) is 0 Å². The molecule has 0 saturated heterocycles. The maximum Gasteiger partial charge on any atom is 0.270 e. The molecule has 1 rings (SSSR count). The van der Waals surface area contributed by atoms with Gasteiger partial charge in [-0.05, 0) is 19.9 Å². The van der Waals surface area contributed by atoms with Crippen LogP contribution < -0.4 is 15.4 Å². The van der Waals surface area contributed by atoms with E-state index < -0.39 is 14.9 Å². The first-order valence-corrected chi connectivity index (χ1v) is 9.56. The van der Waals surface area contributed by atoms with E-state index in [1.807, 2.05) is 13.8 Å². The number of benzene rings is 1. The number of rotatable bonds is 10. The molecule has 0 amide bonds. The van der Waals surface area contributed by atoms with Gasteiger partial charge >= 0.3 is 0 Å². The molecule has 26 heavy (non-hydrogen) atoms. The van der Waals surface area contributed by atoms with Crippen molar-refractivity contribution in [3.8, 4) is 0 Å². The summed E-state index contributed by atoms with van der Waals surface area (Å²) in [6, 6.07) is 4.92. The van der Waals surface area contributed by atoms with Gasteiger partial charge in [0.1, 0.15) is 0 Å². The Morgan fingerprint density at radius 3 is 2.77 bits per heavy atom. The molecule has 0 aliphatic heterocycles. The monoisotopic (exact) mass is 387 g/mol. The molecule has 0 heterocycles. The van der Waals surface area contributed by atoms with Gasteiger partial charge in [-0.1, -0.05) is 6.07 Å². The van der Waals surface area contributed by atoms with E-state index in [9.17, 15) is 18.5 Å². The van der Waals surface area contributed by atoms with Crippen molar-refractivity contribution in [2.45, 2.75) is 24.8 Å². The number of sulfonamides is 1. The summed E-state index contributed by atoms with van der Waals surface area (Å²) in [5.41, 5.74) is -0.281. The fourth-order valence-corrected chi connectivity index (χ4v) is 3.10. The Kier molecular flexibility index (Phi) is 8.96. The van der Waals surface area contributed by atoms with E-state index in [2.05, 4.69) is 20.3 Å². The predicted octanol–water partition coefficient (Wildman–Crippen LogP) is 0.463. The lowest BCUT2D eigenvalue weighted by atomic mass is 10.3. The standard InChI is InChI=1S/C15H25N5O5S/c1-4-16-15(19-12(2)11-25-3)17-8-9-18-26(23,24)14-7-5-6-13(10-14)20(21)22/h5-7,10,12,18H,4,8-9,11H2,1-3H3,(H2,16,17,19). The first-order chi connectivity index (χ1) is 12.3. The Morgan fingerprint density at radius 1 is 1.42 bits per heavy atom. The van der Waals surface area contributed by atoms with Crippen LogP contribution in [0.5, 0.6) is 0 Å². The minimum Gasteiger partial charge on any atom is -0.383 e. The number of methoxy groups -OCH3 is 1. The number of ether oxygens (including phenoxy) is 1. The largest absolute Gasteiger partial charge is 0.383 e. The Labute approximate surface area is 153 Å². The van der Waals surface area contributed by atoms with Crippen LogP contribution in [0.2, 0.25) is 0 Å². The molecule has 0 aliphatic carbocycles. The molecule has 146 valence electrons. The lowest BCUT2D eigenvalue weighted by Crippen LogP contribution is -2.44. The molecule has 0 aromatic heterocycles. The van der Waals surface area contributed by atoms with E-state index in [0.29, 0.717) is 19.1 Å². The Morgan fingerprint density at radius 2 is 2.15 bits per heavy atom. The molecule has 0 bridgehead atoms. The molecule has 0 saturated carbocycles. The number of nitrogens with one attached hydrogen (secondary N) is 3. The van der Waals surface area contributed by atoms with Gasteiger partial charge in [0, 0.05) is 38.4 Å². The Hall–Kier alpha value is -2.24. The average molecular weight is 387 g/mol.